The third kappa shape index (κ3) is 2.86. The minimum Gasteiger partial charge on any atom is -0.381 e. The van der Waals surface area contributed by atoms with Crippen LogP contribution in [0.1, 0.15) is 18.4 Å². The molecule has 78 valence electrons. The van der Waals surface area contributed by atoms with Crippen molar-refractivity contribution in [3.8, 4) is 0 Å². The molecule has 1 saturated heterocycles. The van der Waals surface area contributed by atoms with Gasteiger partial charge in [-0.2, -0.15) is 0 Å². The first-order chi connectivity index (χ1) is 6.95. The second-order valence-electron chi connectivity index (χ2n) is 3.91. The average molecular weight is 194 g/mol. The quantitative estimate of drug-likeness (QED) is 0.762. The second-order valence-corrected chi connectivity index (χ2v) is 3.91. The fourth-order valence-electron chi connectivity index (χ4n) is 1.84. The predicted octanol–water partition coefficient (Wildman–Crippen LogP) is 1.53. The van der Waals surface area contributed by atoms with Crippen LogP contribution in [0, 0.1) is 5.92 Å². The highest BCUT2D eigenvalue weighted by molar-refractivity contribution is 5.07. The molecular weight excluding hydrogens is 176 g/mol. The van der Waals surface area contributed by atoms with Crippen molar-refractivity contribution in [1.29, 1.82) is 0 Å². The summed E-state index contributed by atoms with van der Waals surface area (Å²) in [5, 5.41) is 3.48. The summed E-state index contributed by atoms with van der Waals surface area (Å²) in [5.41, 5.74) is 1.33. The highest BCUT2D eigenvalue weighted by Gasteiger charge is 2.12. The summed E-state index contributed by atoms with van der Waals surface area (Å²) in [6.45, 7) is 3.97. The zero-order chi connectivity index (χ0) is 9.64. The van der Waals surface area contributed by atoms with Gasteiger partial charge in [-0.15, -0.1) is 0 Å². The third-order valence-corrected chi connectivity index (χ3v) is 2.77. The topological polar surface area (TPSA) is 37.0 Å². The lowest BCUT2D eigenvalue weighted by Gasteiger charge is -2.22. The van der Waals surface area contributed by atoms with Crippen molar-refractivity contribution < 1.29 is 4.74 Å². The number of nitrogens with one attached hydrogen (secondary N) is 2. The van der Waals surface area contributed by atoms with Crippen LogP contribution in [0.4, 0.5) is 0 Å². The summed E-state index contributed by atoms with van der Waals surface area (Å²) in [6.07, 6.45) is 6.42. The Morgan fingerprint density at radius 1 is 1.43 bits per heavy atom. The van der Waals surface area contributed by atoms with Crippen LogP contribution in [0.2, 0.25) is 0 Å². The van der Waals surface area contributed by atoms with Crippen molar-refractivity contribution in [3.63, 3.8) is 0 Å². The molecule has 1 aliphatic heterocycles. The zero-order valence-electron chi connectivity index (χ0n) is 8.46. The highest BCUT2D eigenvalue weighted by Crippen LogP contribution is 2.13. The van der Waals surface area contributed by atoms with Gasteiger partial charge in [0.15, 0.2) is 0 Å². The lowest BCUT2D eigenvalue weighted by molar-refractivity contribution is 0.0662. The molecule has 0 unspecified atom stereocenters. The van der Waals surface area contributed by atoms with Gasteiger partial charge in [-0.05, 0) is 36.9 Å². The molecule has 0 spiro atoms. The van der Waals surface area contributed by atoms with E-state index in [0.29, 0.717) is 0 Å². The first-order valence-electron chi connectivity index (χ1n) is 5.35. The maximum atomic E-state index is 5.32. The molecule has 2 heterocycles. The van der Waals surface area contributed by atoms with Crippen LogP contribution < -0.4 is 5.32 Å². The first kappa shape index (κ1) is 9.74. The number of aromatic amines is 1. The fourth-order valence-corrected chi connectivity index (χ4v) is 1.84. The highest BCUT2D eigenvalue weighted by atomic mass is 16.5. The molecule has 1 aromatic heterocycles. The average Bonchev–Trinajstić information content (AvgIpc) is 2.72. The van der Waals surface area contributed by atoms with E-state index in [-0.39, 0.29) is 0 Å². The summed E-state index contributed by atoms with van der Waals surface area (Å²) in [7, 11) is 0. The molecule has 0 atom stereocenters. The van der Waals surface area contributed by atoms with Gasteiger partial charge in [0.05, 0.1) is 0 Å². The van der Waals surface area contributed by atoms with Crippen LogP contribution in [0.25, 0.3) is 0 Å². The van der Waals surface area contributed by atoms with E-state index in [9.17, 15) is 0 Å². The summed E-state index contributed by atoms with van der Waals surface area (Å²) >= 11 is 0. The molecule has 0 radical (unpaired) electrons. The first-order valence-corrected chi connectivity index (χ1v) is 5.35. The number of hydrogen-bond acceptors (Lipinski definition) is 2. The normalized spacial score (nSPS) is 18.6. The molecule has 1 aromatic rings. The van der Waals surface area contributed by atoms with Crippen LogP contribution in [-0.2, 0) is 11.3 Å². The predicted molar refractivity (Wildman–Crippen MR) is 56.0 cm³/mol. The van der Waals surface area contributed by atoms with Gasteiger partial charge in [-0.25, -0.2) is 0 Å². The van der Waals surface area contributed by atoms with Crippen LogP contribution in [0.15, 0.2) is 18.5 Å². The molecular formula is C11H18N2O. The summed E-state index contributed by atoms with van der Waals surface area (Å²) < 4.78 is 5.32. The SMILES string of the molecule is c1cc(CNCC2CCOCC2)c[nH]1. The van der Waals surface area contributed by atoms with Crippen molar-refractivity contribution in [2.45, 2.75) is 19.4 Å². The number of rotatable bonds is 4. The van der Waals surface area contributed by atoms with E-state index in [2.05, 4.69) is 16.4 Å². The Balaban J connectivity index is 1.62. The molecule has 0 saturated carbocycles. The molecule has 1 aliphatic rings. The van der Waals surface area contributed by atoms with Crippen LogP contribution in [-0.4, -0.2) is 24.7 Å². The lowest BCUT2D eigenvalue weighted by Crippen LogP contribution is -2.27. The molecule has 0 bridgehead atoms. The second kappa shape index (κ2) is 5.17. The molecule has 14 heavy (non-hydrogen) atoms. The minimum atomic E-state index is 0.808. The van der Waals surface area contributed by atoms with E-state index in [1.165, 1.54) is 18.4 Å². The molecule has 3 nitrogen and oxygen atoms in total. The fraction of sp³-hybridized carbons (Fsp3) is 0.636. The van der Waals surface area contributed by atoms with Gasteiger partial charge >= 0.3 is 0 Å². The summed E-state index contributed by atoms with van der Waals surface area (Å²) in [5.74, 6) is 0.808. The number of aromatic nitrogens is 1. The summed E-state index contributed by atoms with van der Waals surface area (Å²) in [6, 6.07) is 2.11. The van der Waals surface area contributed by atoms with E-state index in [1.807, 2.05) is 12.4 Å². The molecule has 2 rings (SSSR count). The molecule has 0 aromatic carbocycles. The van der Waals surface area contributed by atoms with E-state index in [4.69, 9.17) is 4.74 Å². The number of hydrogen-bond donors (Lipinski definition) is 2. The Morgan fingerprint density at radius 2 is 2.29 bits per heavy atom. The molecule has 3 heteroatoms. The van der Waals surface area contributed by atoms with Gasteiger partial charge in [0.2, 0.25) is 0 Å². The zero-order valence-corrected chi connectivity index (χ0v) is 8.46. The van der Waals surface area contributed by atoms with Crippen LogP contribution in [0.3, 0.4) is 0 Å². The molecule has 1 fully saturated rings. The Labute approximate surface area is 84.9 Å². The Bertz CT molecular complexity index is 240. The van der Waals surface area contributed by atoms with Gasteiger partial charge in [0, 0.05) is 32.2 Å². The summed E-state index contributed by atoms with van der Waals surface area (Å²) in [4.78, 5) is 3.06. The van der Waals surface area contributed by atoms with Crippen LogP contribution in [0.5, 0.6) is 0 Å². The van der Waals surface area contributed by atoms with E-state index in [0.717, 1.165) is 32.2 Å². The van der Waals surface area contributed by atoms with E-state index < -0.39 is 0 Å². The lowest BCUT2D eigenvalue weighted by atomic mass is 10.0. The molecule has 2 N–H and O–H groups in total. The van der Waals surface area contributed by atoms with Crippen molar-refractivity contribution in [1.82, 2.24) is 10.3 Å². The maximum absolute atomic E-state index is 5.32. The Kier molecular flexibility index (Phi) is 3.60. The third-order valence-electron chi connectivity index (χ3n) is 2.77. The van der Waals surface area contributed by atoms with Gasteiger partial charge in [0.1, 0.15) is 0 Å². The van der Waals surface area contributed by atoms with Crippen molar-refractivity contribution in [2.75, 3.05) is 19.8 Å². The van der Waals surface area contributed by atoms with Crippen molar-refractivity contribution >= 4 is 0 Å². The van der Waals surface area contributed by atoms with Gasteiger partial charge < -0.3 is 15.0 Å². The monoisotopic (exact) mass is 194 g/mol. The standard InChI is InChI=1S/C11H18N2O/c1-4-12-8-11(1)9-13-7-10-2-5-14-6-3-10/h1,4,8,10,12-13H,2-3,5-7,9H2. The van der Waals surface area contributed by atoms with E-state index in [1.54, 1.807) is 0 Å². The van der Waals surface area contributed by atoms with E-state index >= 15 is 0 Å². The number of ether oxygens (including phenoxy) is 1. The number of H-pyrrole nitrogens is 1. The van der Waals surface area contributed by atoms with Gasteiger partial charge in [-0.3, -0.25) is 0 Å². The Morgan fingerprint density at radius 3 is 3.00 bits per heavy atom. The van der Waals surface area contributed by atoms with Crippen molar-refractivity contribution in [2.24, 2.45) is 5.92 Å². The smallest absolute Gasteiger partial charge is 0.0469 e. The van der Waals surface area contributed by atoms with Gasteiger partial charge in [0.25, 0.3) is 0 Å². The van der Waals surface area contributed by atoms with Gasteiger partial charge in [-0.1, -0.05) is 0 Å². The largest absolute Gasteiger partial charge is 0.381 e. The minimum absolute atomic E-state index is 0.808. The maximum Gasteiger partial charge on any atom is 0.0469 e. The Hall–Kier alpha value is -0.800. The molecule has 0 aliphatic carbocycles. The van der Waals surface area contributed by atoms with Crippen molar-refractivity contribution in [3.05, 3.63) is 24.0 Å². The molecule has 0 amide bonds. The van der Waals surface area contributed by atoms with Crippen LogP contribution >= 0.6 is 0 Å².